The largest absolute Gasteiger partial charge is 0.335 e. The molecule has 0 fully saturated rings. The van der Waals surface area contributed by atoms with Gasteiger partial charge in [-0.15, -0.1) is 0 Å². The highest BCUT2D eigenvalue weighted by molar-refractivity contribution is 6.14. The second-order valence-electron chi connectivity index (χ2n) is 7.10. The standard InChI is InChI=1S/C22H14F3N3O2/c1-11-20-16(22(29)28-7-6-15-17(25)8-14(24)9-19(15)28)10-18(26-21(20)30-27-11)12-2-4-13(23)5-3-12/h2-5,8-10H,6-7H2,1H3. The van der Waals surface area contributed by atoms with Gasteiger partial charge in [-0.3, -0.25) is 4.79 Å². The molecule has 0 N–H and O–H groups in total. The van der Waals surface area contributed by atoms with Gasteiger partial charge in [-0.2, -0.15) is 0 Å². The van der Waals surface area contributed by atoms with E-state index in [1.54, 1.807) is 13.0 Å². The molecule has 0 radical (unpaired) electrons. The van der Waals surface area contributed by atoms with Crippen LogP contribution in [0.2, 0.25) is 0 Å². The Morgan fingerprint density at radius 3 is 2.60 bits per heavy atom. The molecule has 3 heterocycles. The second-order valence-corrected chi connectivity index (χ2v) is 7.10. The molecule has 5 rings (SSSR count). The summed E-state index contributed by atoms with van der Waals surface area (Å²) in [5, 5.41) is 4.33. The van der Waals surface area contributed by atoms with Crippen molar-refractivity contribution in [3.05, 3.63) is 76.7 Å². The molecule has 2 aromatic heterocycles. The van der Waals surface area contributed by atoms with Gasteiger partial charge in [0, 0.05) is 23.7 Å². The van der Waals surface area contributed by atoms with Crippen LogP contribution >= 0.6 is 0 Å². The van der Waals surface area contributed by atoms with Crippen LogP contribution in [-0.4, -0.2) is 22.6 Å². The SMILES string of the molecule is Cc1noc2nc(-c3ccc(F)cc3)cc(C(=O)N3CCc4c(F)cc(F)cc43)c12. The maximum atomic E-state index is 14.1. The van der Waals surface area contributed by atoms with E-state index in [4.69, 9.17) is 4.52 Å². The number of aromatic nitrogens is 2. The number of fused-ring (bicyclic) bond motifs is 2. The summed E-state index contributed by atoms with van der Waals surface area (Å²) in [4.78, 5) is 19.2. The molecule has 0 aliphatic carbocycles. The molecule has 1 aliphatic rings. The zero-order valence-corrected chi connectivity index (χ0v) is 15.7. The predicted octanol–water partition coefficient (Wildman–Crippen LogP) is 4.82. The van der Waals surface area contributed by atoms with Crippen molar-refractivity contribution in [2.45, 2.75) is 13.3 Å². The van der Waals surface area contributed by atoms with E-state index in [0.29, 0.717) is 27.9 Å². The molecule has 30 heavy (non-hydrogen) atoms. The van der Waals surface area contributed by atoms with Crippen LogP contribution in [0, 0.1) is 24.4 Å². The number of pyridine rings is 1. The topological polar surface area (TPSA) is 59.2 Å². The first-order chi connectivity index (χ1) is 14.4. The Morgan fingerprint density at radius 2 is 1.83 bits per heavy atom. The molecule has 4 aromatic rings. The van der Waals surface area contributed by atoms with Gasteiger partial charge in [0.2, 0.25) is 0 Å². The van der Waals surface area contributed by atoms with E-state index in [9.17, 15) is 18.0 Å². The Kier molecular flexibility index (Phi) is 4.09. The normalized spacial score (nSPS) is 13.1. The fourth-order valence-electron chi connectivity index (χ4n) is 3.81. The molecule has 5 nitrogen and oxygen atoms in total. The summed E-state index contributed by atoms with van der Waals surface area (Å²) >= 11 is 0. The summed E-state index contributed by atoms with van der Waals surface area (Å²) in [7, 11) is 0. The minimum absolute atomic E-state index is 0.155. The zero-order chi connectivity index (χ0) is 21.0. The van der Waals surface area contributed by atoms with Gasteiger partial charge in [-0.25, -0.2) is 18.2 Å². The lowest BCUT2D eigenvalue weighted by molar-refractivity contribution is 0.0991. The molecule has 0 spiro atoms. The van der Waals surface area contributed by atoms with Crippen molar-refractivity contribution in [1.29, 1.82) is 0 Å². The number of benzene rings is 2. The number of anilines is 1. The van der Waals surface area contributed by atoms with Gasteiger partial charge in [-0.1, -0.05) is 5.16 Å². The Labute approximate surface area is 168 Å². The smallest absolute Gasteiger partial charge is 0.259 e. The van der Waals surface area contributed by atoms with Gasteiger partial charge in [0.15, 0.2) is 0 Å². The number of carbonyl (C=O) groups is 1. The van der Waals surface area contributed by atoms with Crippen LogP contribution in [0.15, 0.2) is 47.0 Å². The Morgan fingerprint density at radius 1 is 1.07 bits per heavy atom. The van der Waals surface area contributed by atoms with Crippen LogP contribution in [0.25, 0.3) is 22.4 Å². The highest BCUT2D eigenvalue weighted by Crippen LogP contribution is 2.35. The van der Waals surface area contributed by atoms with Crippen LogP contribution in [0.1, 0.15) is 21.6 Å². The number of hydrogen-bond acceptors (Lipinski definition) is 4. The van der Waals surface area contributed by atoms with Gasteiger partial charge in [0.1, 0.15) is 17.5 Å². The number of hydrogen-bond donors (Lipinski definition) is 0. The average molecular weight is 409 g/mol. The summed E-state index contributed by atoms with van der Waals surface area (Å²) in [5.41, 5.74) is 2.36. The molecule has 0 saturated heterocycles. The van der Waals surface area contributed by atoms with Gasteiger partial charge in [-0.05, 0) is 49.7 Å². The van der Waals surface area contributed by atoms with E-state index >= 15 is 0 Å². The fraction of sp³-hybridized carbons (Fsp3) is 0.136. The molecule has 150 valence electrons. The quantitative estimate of drug-likeness (QED) is 0.476. The summed E-state index contributed by atoms with van der Waals surface area (Å²) < 4.78 is 46.5. The van der Waals surface area contributed by atoms with E-state index in [1.807, 2.05) is 0 Å². The number of carbonyl (C=O) groups excluding carboxylic acids is 1. The first-order valence-electron chi connectivity index (χ1n) is 9.25. The molecular weight excluding hydrogens is 395 g/mol. The number of amides is 1. The summed E-state index contributed by atoms with van der Waals surface area (Å²) in [6.45, 7) is 1.90. The summed E-state index contributed by atoms with van der Waals surface area (Å²) in [5.74, 6) is -2.27. The summed E-state index contributed by atoms with van der Waals surface area (Å²) in [6.07, 6.45) is 0.287. The third-order valence-electron chi connectivity index (χ3n) is 5.25. The van der Waals surface area contributed by atoms with Crippen molar-refractivity contribution in [2.24, 2.45) is 0 Å². The van der Waals surface area contributed by atoms with Crippen molar-refractivity contribution in [2.75, 3.05) is 11.4 Å². The Hall–Kier alpha value is -3.68. The molecule has 1 amide bonds. The predicted molar refractivity (Wildman–Crippen MR) is 104 cm³/mol. The lowest BCUT2D eigenvalue weighted by atomic mass is 10.0. The third-order valence-corrected chi connectivity index (χ3v) is 5.25. The van der Waals surface area contributed by atoms with Crippen molar-refractivity contribution in [3.8, 4) is 11.3 Å². The van der Waals surface area contributed by atoms with Crippen LogP contribution < -0.4 is 4.90 Å². The molecule has 0 atom stereocenters. The van der Waals surface area contributed by atoms with E-state index in [-0.39, 0.29) is 29.9 Å². The van der Waals surface area contributed by atoms with Gasteiger partial charge in [0.25, 0.3) is 11.6 Å². The maximum Gasteiger partial charge on any atom is 0.259 e. The lowest BCUT2D eigenvalue weighted by Gasteiger charge is -2.18. The Bertz CT molecular complexity index is 1320. The van der Waals surface area contributed by atoms with Crippen molar-refractivity contribution in [1.82, 2.24) is 10.1 Å². The maximum absolute atomic E-state index is 14.1. The van der Waals surface area contributed by atoms with Crippen molar-refractivity contribution < 1.29 is 22.5 Å². The van der Waals surface area contributed by atoms with E-state index < -0.39 is 23.4 Å². The molecule has 0 bridgehead atoms. The average Bonchev–Trinajstić information content (AvgIpc) is 3.31. The third kappa shape index (κ3) is 2.83. The zero-order valence-electron chi connectivity index (χ0n) is 15.7. The van der Waals surface area contributed by atoms with Crippen molar-refractivity contribution >= 4 is 22.7 Å². The minimum Gasteiger partial charge on any atom is -0.335 e. The molecule has 1 aliphatic heterocycles. The first kappa shape index (κ1) is 18.4. The van der Waals surface area contributed by atoms with Crippen LogP contribution in [0.3, 0.4) is 0 Å². The first-order valence-corrected chi connectivity index (χ1v) is 9.25. The minimum atomic E-state index is -0.751. The number of aryl methyl sites for hydroxylation is 1. The van der Waals surface area contributed by atoms with Crippen molar-refractivity contribution in [3.63, 3.8) is 0 Å². The highest BCUT2D eigenvalue weighted by Gasteiger charge is 2.31. The van der Waals surface area contributed by atoms with E-state index in [1.165, 1.54) is 29.2 Å². The Balaban J connectivity index is 1.67. The van der Waals surface area contributed by atoms with Crippen LogP contribution in [0.4, 0.5) is 18.9 Å². The van der Waals surface area contributed by atoms with Gasteiger partial charge in [0.05, 0.1) is 28.0 Å². The highest BCUT2D eigenvalue weighted by atomic mass is 19.1. The summed E-state index contributed by atoms with van der Waals surface area (Å²) in [6, 6.07) is 9.19. The molecule has 0 saturated carbocycles. The van der Waals surface area contributed by atoms with E-state index in [2.05, 4.69) is 10.1 Å². The molecule has 8 heteroatoms. The van der Waals surface area contributed by atoms with Crippen LogP contribution in [0.5, 0.6) is 0 Å². The van der Waals surface area contributed by atoms with Crippen LogP contribution in [-0.2, 0) is 6.42 Å². The number of rotatable bonds is 2. The van der Waals surface area contributed by atoms with Gasteiger partial charge < -0.3 is 9.42 Å². The van der Waals surface area contributed by atoms with E-state index in [0.717, 1.165) is 12.1 Å². The lowest BCUT2D eigenvalue weighted by Crippen LogP contribution is -2.29. The fourth-order valence-corrected chi connectivity index (χ4v) is 3.81. The molecule has 2 aromatic carbocycles. The molecule has 0 unspecified atom stereocenters. The van der Waals surface area contributed by atoms with Gasteiger partial charge >= 0.3 is 0 Å². The number of halogens is 3. The monoisotopic (exact) mass is 409 g/mol. The second kappa shape index (κ2) is 6.69. The number of nitrogens with zero attached hydrogens (tertiary/aromatic N) is 3. The molecular formula is C22H14F3N3O2.